The van der Waals surface area contributed by atoms with Gasteiger partial charge in [0.05, 0.1) is 17.6 Å². The summed E-state index contributed by atoms with van der Waals surface area (Å²) >= 11 is 1.70. The molecule has 0 saturated heterocycles. The molecule has 7 heteroatoms. The Morgan fingerprint density at radius 2 is 1.80 bits per heavy atom. The number of methoxy groups -OCH3 is 1. The van der Waals surface area contributed by atoms with Gasteiger partial charge in [-0.25, -0.2) is 14.8 Å². The van der Waals surface area contributed by atoms with Crippen molar-refractivity contribution in [3.8, 4) is 16.5 Å². The Kier molecular flexibility index (Phi) is 7.57. The molecule has 0 saturated carbocycles. The summed E-state index contributed by atoms with van der Waals surface area (Å²) in [7, 11) is 1.67. The van der Waals surface area contributed by atoms with Crippen LogP contribution in [0.15, 0.2) is 73.3 Å². The van der Waals surface area contributed by atoms with E-state index < -0.39 is 5.97 Å². The topological polar surface area (TPSA) is 84.3 Å². The van der Waals surface area contributed by atoms with Gasteiger partial charge >= 0.3 is 5.97 Å². The van der Waals surface area contributed by atoms with Crippen LogP contribution in [0.1, 0.15) is 32.1 Å². The molecule has 0 bridgehead atoms. The number of ether oxygens (including phenoxy) is 1. The van der Waals surface area contributed by atoms with Gasteiger partial charge in [0.1, 0.15) is 11.6 Å². The quantitative estimate of drug-likeness (QED) is 0.250. The number of aryl methyl sites for hydroxylation is 3. The van der Waals surface area contributed by atoms with Crippen LogP contribution in [-0.4, -0.2) is 28.2 Å². The van der Waals surface area contributed by atoms with Crippen molar-refractivity contribution in [2.75, 3.05) is 12.4 Å². The van der Waals surface area contributed by atoms with Gasteiger partial charge < -0.3 is 15.2 Å². The SMILES string of the molecule is C=CCc1c(C)nc(-c2ccc(CCc3ccc(OC)cc3)s2)nc1Nc1ccc(C(=O)O)cc1. The highest BCUT2D eigenvalue weighted by Gasteiger charge is 2.14. The Morgan fingerprint density at radius 1 is 1.06 bits per heavy atom. The first kappa shape index (κ1) is 24.2. The van der Waals surface area contributed by atoms with Crippen LogP contribution in [0.5, 0.6) is 5.75 Å². The number of hydrogen-bond acceptors (Lipinski definition) is 6. The van der Waals surface area contributed by atoms with Crippen molar-refractivity contribution >= 4 is 28.8 Å². The molecule has 2 heterocycles. The van der Waals surface area contributed by atoms with Crippen molar-refractivity contribution in [2.24, 2.45) is 0 Å². The zero-order chi connectivity index (χ0) is 24.8. The van der Waals surface area contributed by atoms with Crippen LogP contribution in [0.4, 0.5) is 11.5 Å². The Balaban J connectivity index is 1.55. The number of carbonyl (C=O) groups is 1. The van der Waals surface area contributed by atoms with Gasteiger partial charge in [-0.05, 0) is 80.3 Å². The molecule has 0 amide bonds. The fraction of sp³-hybridized carbons (Fsp3) is 0.179. The summed E-state index contributed by atoms with van der Waals surface area (Å²) in [5, 5.41) is 12.5. The van der Waals surface area contributed by atoms with E-state index >= 15 is 0 Å². The van der Waals surface area contributed by atoms with Gasteiger partial charge in [-0.3, -0.25) is 0 Å². The number of allylic oxidation sites excluding steroid dienone is 1. The van der Waals surface area contributed by atoms with E-state index in [0.717, 1.165) is 40.4 Å². The van der Waals surface area contributed by atoms with Gasteiger partial charge in [0.2, 0.25) is 0 Å². The number of hydrogen-bond donors (Lipinski definition) is 2. The van der Waals surface area contributed by atoms with Crippen molar-refractivity contribution in [1.82, 2.24) is 9.97 Å². The van der Waals surface area contributed by atoms with Gasteiger partial charge in [0, 0.05) is 21.8 Å². The molecule has 0 radical (unpaired) electrons. The standard InChI is InChI=1S/C28H27N3O3S/c1-4-5-24-18(2)29-27(31-26(24)30-21-11-9-20(10-12-21)28(32)33)25-17-16-23(35-25)15-8-19-6-13-22(34-3)14-7-19/h4,6-7,9-14,16-17H,1,5,8,15H2,2-3H3,(H,32,33)(H,29,30,31). The summed E-state index contributed by atoms with van der Waals surface area (Å²) < 4.78 is 5.23. The molecule has 0 atom stereocenters. The van der Waals surface area contributed by atoms with E-state index in [2.05, 4.69) is 36.2 Å². The zero-order valence-electron chi connectivity index (χ0n) is 19.7. The number of aromatic carboxylic acids is 1. The van der Waals surface area contributed by atoms with Gasteiger partial charge in [0.25, 0.3) is 0 Å². The molecule has 0 aliphatic heterocycles. The average Bonchev–Trinajstić information content (AvgIpc) is 3.34. The molecule has 6 nitrogen and oxygen atoms in total. The fourth-order valence-electron chi connectivity index (χ4n) is 3.72. The highest BCUT2D eigenvalue weighted by Crippen LogP contribution is 2.30. The van der Waals surface area contributed by atoms with E-state index in [1.165, 1.54) is 10.4 Å². The van der Waals surface area contributed by atoms with Crippen LogP contribution in [0.2, 0.25) is 0 Å². The smallest absolute Gasteiger partial charge is 0.335 e. The van der Waals surface area contributed by atoms with Crippen molar-refractivity contribution < 1.29 is 14.6 Å². The number of anilines is 2. The number of carboxylic acid groups (broad SMARTS) is 1. The molecule has 2 N–H and O–H groups in total. The van der Waals surface area contributed by atoms with Gasteiger partial charge in [0.15, 0.2) is 5.82 Å². The molecule has 0 spiro atoms. The second kappa shape index (κ2) is 11.0. The third-order valence-electron chi connectivity index (χ3n) is 5.66. The van der Waals surface area contributed by atoms with Crippen LogP contribution in [0, 0.1) is 6.92 Å². The second-order valence-corrected chi connectivity index (χ2v) is 9.24. The largest absolute Gasteiger partial charge is 0.497 e. The van der Waals surface area contributed by atoms with Crippen LogP contribution in [-0.2, 0) is 19.3 Å². The molecule has 0 unspecified atom stereocenters. The lowest BCUT2D eigenvalue weighted by Crippen LogP contribution is -2.05. The van der Waals surface area contributed by atoms with E-state index in [-0.39, 0.29) is 5.56 Å². The third kappa shape index (κ3) is 5.94. The van der Waals surface area contributed by atoms with Crippen LogP contribution in [0.3, 0.4) is 0 Å². The Morgan fingerprint density at radius 3 is 2.46 bits per heavy atom. The first-order valence-corrected chi connectivity index (χ1v) is 12.1. The molecule has 0 fully saturated rings. The van der Waals surface area contributed by atoms with Gasteiger partial charge in [-0.15, -0.1) is 17.9 Å². The maximum Gasteiger partial charge on any atom is 0.335 e. The third-order valence-corrected chi connectivity index (χ3v) is 6.80. The minimum atomic E-state index is -0.954. The van der Waals surface area contributed by atoms with Gasteiger partial charge in [-0.2, -0.15) is 0 Å². The van der Waals surface area contributed by atoms with Crippen molar-refractivity contribution in [2.45, 2.75) is 26.2 Å². The Labute approximate surface area is 209 Å². The van der Waals surface area contributed by atoms with E-state index in [9.17, 15) is 4.79 Å². The Hall–Kier alpha value is -3.97. The van der Waals surface area contributed by atoms with Crippen LogP contribution < -0.4 is 10.1 Å². The first-order chi connectivity index (χ1) is 17.0. The molecule has 4 rings (SSSR count). The predicted molar refractivity (Wildman–Crippen MR) is 141 cm³/mol. The van der Waals surface area contributed by atoms with Crippen LogP contribution >= 0.6 is 11.3 Å². The summed E-state index contributed by atoms with van der Waals surface area (Å²) in [4.78, 5) is 23.0. The molecule has 35 heavy (non-hydrogen) atoms. The number of nitrogens with one attached hydrogen (secondary N) is 1. The van der Waals surface area contributed by atoms with Crippen molar-refractivity contribution in [3.63, 3.8) is 0 Å². The highest BCUT2D eigenvalue weighted by atomic mass is 32.1. The molecular weight excluding hydrogens is 458 g/mol. The monoisotopic (exact) mass is 485 g/mol. The number of aromatic nitrogens is 2. The molecule has 4 aromatic rings. The van der Waals surface area contributed by atoms with Gasteiger partial charge in [-0.1, -0.05) is 18.2 Å². The minimum absolute atomic E-state index is 0.238. The molecule has 2 aromatic heterocycles. The number of carboxylic acids is 1. The molecule has 2 aromatic carbocycles. The lowest BCUT2D eigenvalue weighted by molar-refractivity contribution is 0.0697. The summed E-state index contributed by atoms with van der Waals surface area (Å²) in [6, 6.07) is 19.0. The number of nitrogens with zero attached hydrogens (tertiary/aromatic N) is 2. The minimum Gasteiger partial charge on any atom is -0.497 e. The number of rotatable bonds is 10. The lowest BCUT2D eigenvalue weighted by atomic mass is 10.1. The summed E-state index contributed by atoms with van der Waals surface area (Å²) in [6.07, 6.45) is 4.33. The van der Waals surface area contributed by atoms with Crippen molar-refractivity contribution in [1.29, 1.82) is 0 Å². The summed E-state index contributed by atoms with van der Waals surface area (Å²) in [5.41, 5.74) is 4.11. The number of benzene rings is 2. The lowest BCUT2D eigenvalue weighted by Gasteiger charge is -2.14. The Bertz CT molecular complexity index is 1330. The molecule has 0 aliphatic rings. The highest BCUT2D eigenvalue weighted by molar-refractivity contribution is 7.15. The summed E-state index contributed by atoms with van der Waals surface area (Å²) in [6.45, 7) is 5.83. The van der Waals surface area contributed by atoms with E-state index in [1.54, 1.807) is 42.7 Å². The van der Waals surface area contributed by atoms with E-state index in [4.69, 9.17) is 19.8 Å². The first-order valence-electron chi connectivity index (χ1n) is 11.3. The normalized spacial score (nSPS) is 10.7. The average molecular weight is 486 g/mol. The fourth-order valence-corrected chi connectivity index (χ4v) is 4.66. The van der Waals surface area contributed by atoms with Crippen LogP contribution in [0.25, 0.3) is 10.7 Å². The van der Waals surface area contributed by atoms with E-state index in [0.29, 0.717) is 18.1 Å². The molecular formula is C28H27N3O3S. The molecule has 0 aliphatic carbocycles. The maximum atomic E-state index is 11.2. The van der Waals surface area contributed by atoms with E-state index in [1.807, 2.05) is 25.1 Å². The molecule has 178 valence electrons. The van der Waals surface area contributed by atoms with Crippen molar-refractivity contribution in [3.05, 3.63) is 101 Å². The predicted octanol–water partition coefficient (Wildman–Crippen LogP) is 6.48. The zero-order valence-corrected chi connectivity index (χ0v) is 20.6. The maximum absolute atomic E-state index is 11.2. The second-order valence-electron chi connectivity index (χ2n) is 8.07. The summed E-state index contributed by atoms with van der Waals surface area (Å²) in [5.74, 6) is 1.27. The number of thiophene rings is 1.